The zero-order valence-electron chi connectivity index (χ0n) is 13.1. The number of hydrogen-bond acceptors (Lipinski definition) is 3. The van der Waals surface area contributed by atoms with E-state index in [1.165, 1.54) is 29.7 Å². The summed E-state index contributed by atoms with van der Waals surface area (Å²) in [4.78, 5) is 11.6. The van der Waals surface area contributed by atoms with Crippen molar-refractivity contribution < 1.29 is 0 Å². The van der Waals surface area contributed by atoms with E-state index in [0.29, 0.717) is 12.0 Å². The molecule has 23 heavy (non-hydrogen) atoms. The summed E-state index contributed by atoms with van der Waals surface area (Å²) in [6, 6.07) is 13.3. The van der Waals surface area contributed by atoms with E-state index in [9.17, 15) is 0 Å². The lowest BCUT2D eigenvalue weighted by molar-refractivity contribution is 0.0994. The monoisotopic (exact) mass is 304 g/mol. The van der Waals surface area contributed by atoms with Gasteiger partial charge in [-0.2, -0.15) is 0 Å². The molecule has 0 bridgehead atoms. The number of rotatable bonds is 4. The Kier molecular flexibility index (Phi) is 2.98. The molecule has 5 rings (SSSR count). The highest BCUT2D eigenvalue weighted by Gasteiger charge is 2.36. The maximum absolute atomic E-state index is 4.92. The SMILES string of the molecule is c1cncc(CN2CC(n3c(C4CC4)nc4ccccc43)C2)c1. The fourth-order valence-corrected chi connectivity index (χ4v) is 3.66. The number of pyridine rings is 1. The van der Waals surface area contributed by atoms with Gasteiger partial charge in [-0.3, -0.25) is 9.88 Å². The molecule has 2 fully saturated rings. The normalized spacial score (nSPS) is 19.1. The van der Waals surface area contributed by atoms with Gasteiger partial charge < -0.3 is 4.57 Å². The molecule has 3 aromatic rings. The number of imidazole rings is 1. The molecular weight excluding hydrogens is 284 g/mol. The number of fused-ring (bicyclic) bond motifs is 1. The summed E-state index contributed by atoms with van der Waals surface area (Å²) in [6.07, 6.45) is 6.41. The highest BCUT2D eigenvalue weighted by atomic mass is 15.3. The van der Waals surface area contributed by atoms with Crippen molar-refractivity contribution in [3.8, 4) is 0 Å². The molecule has 0 spiro atoms. The number of aromatic nitrogens is 3. The van der Waals surface area contributed by atoms with Crippen LogP contribution in [0.4, 0.5) is 0 Å². The molecule has 3 heterocycles. The van der Waals surface area contributed by atoms with Crippen LogP contribution in [0.25, 0.3) is 11.0 Å². The molecule has 4 heteroatoms. The van der Waals surface area contributed by atoms with Crippen LogP contribution in [-0.2, 0) is 6.54 Å². The van der Waals surface area contributed by atoms with Crippen molar-refractivity contribution in [2.75, 3.05) is 13.1 Å². The Balaban J connectivity index is 1.39. The lowest BCUT2D eigenvalue weighted by Gasteiger charge is -2.41. The number of benzene rings is 1. The molecule has 0 amide bonds. The lowest BCUT2D eigenvalue weighted by Crippen LogP contribution is -2.47. The Labute approximate surface area is 135 Å². The number of likely N-dealkylation sites (tertiary alicyclic amines) is 1. The minimum Gasteiger partial charge on any atom is -0.322 e. The van der Waals surface area contributed by atoms with Crippen molar-refractivity contribution in [2.45, 2.75) is 31.3 Å². The van der Waals surface area contributed by atoms with Crippen LogP contribution in [0.3, 0.4) is 0 Å². The molecule has 4 nitrogen and oxygen atoms in total. The first-order valence-electron chi connectivity index (χ1n) is 8.46. The van der Waals surface area contributed by atoms with E-state index in [2.05, 4.69) is 44.8 Å². The second-order valence-corrected chi connectivity index (χ2v) is 6.81. The third-order valence-corrected chi connectivity index (χ3v) is 5.00. The summed E-state index contributed by atoms with van der Waals surface area (Å²) in [5, 5.41) is 0. The molecule has 0 atom stereocenters. The molecule has 1 saturated carbocycles. The van der Waals surface area contributed by atoms with Crippen molar-refractivity contribution >= 4 is 11.0 Å². The largest absolute Gasteiger partial charge is 0.322 e. The fraction of sp³-hybridized carbons (Fsp3) is 0.368. The van der Waals surface area contributed by atoms with Crippen LogP contribution in [-0.4, -0.2) is 32.5 Å². The van der Waals surface area contributed by atoms with Crippen LogP contribution in [0.1, 0.15) is 36.2 Å². The molecule has 0 unspecified atom stereocenters. The smallest absolute Gasteiger partial charge is 0.113 e. The Bertz CT molecular complexity index is 829. The van der Waals surface area contributed by atoms with Gasteiger partial charge in [-0.15, -0.1) is 0 Å². The minimum atomic E-state index is 0.565. The Morgan fingerprint density at radius 2 is 1.91 bits per heavy atom. The van der Waals surface area contributed by atoms with E-state index in [1.54, 1.807) is 0 Å². The second kappa shape index (κ2) is 5.17. The molecule has 0 radical (unpaired) electrons. The maximum atomic E-state index is 4.92. The molecular formula is C19H20N4. The Hall–Kier alpha value is -2.20. The van der Waals surface area contributed by atoms with Crippen LogP contribution in [0.15, 0.2) is 48.8 Å². The van der Waals surface area contributed by atoms with Crippen molar-refractivity contribution in [1.82, 2.24) is 19.4 Å². The quantitative estimate of drug-likeness (QED) is 0.741. The summed E-state index contributed by atoms with van der Waals surface area (Å²) in [5.74, 6) is 2.01. The minimum absolute atomic E-state index is 0.565. The second-order valence-electron chi connectivity index (χ2n) is 6.81. The van der Waals surface area contributed by atoms with E-state index in [0.717, 1.165) is 25.2 Å². The van der Waals surface area contributed by atoms with Crippen LogP contribution in [0, 0.1) is 0 Å². The van der Waals surface area contributed by atoms with Gasteiger partial charge in [0.15, 0.2) is 0 Å². The Morgan fingerprint density at radius 1 is 1.04 bits per heavy atom. The molecule has 1 saturated heterocycles. The predicted molar refractivity (Wildman–Crippen MR) is 90.3 cm³/mol. The van der Waals surface area contributed by atoms with E-state index in [4.69, 9.17) is 4.98 Å². The first-order valence-corrected chi connectivity index (χ1v) is 8.46. The van der Waals surface area contributed by atoms with E-state index < -0.39 is 0 Å². The topological polar surface area (TPSA) is 34.0 Å². The maximum Gasteiger partial charge on any atom is 0.113 e. The van der Waals surface area contributed by atoms with Gasteiger partial charge in [0.25, 0.3) is 0 Å². The van der Waals surface area contributed by atoms with Gasteiger partial charge in [0.05, 0.1) is 17.1 Å². The Morgan fingerprint density at radius 3 is 2.70 bits per heavy atom. The molecule has 1 aliphatic carbocycles. The molecule has 2 aliphatic rings. The van der Waals surface area contributed by atoms with E-state index >= 15 is 0 Å². The molecule has 1 aliphatic heterocycles. The first-order chi connectivity index (χ1) is 11.4. The van der Waals surface area contributed by atoms with Gasteiger partial charge in [-0.25, -0.2) is 4.98 Å². The molecule has 116 valence electrons. The first kappa shape index (κ1) is 13.3. The van der Waals surface area contributed by atoms with Crippen molar-refractivity contribution in [1.29, 1.82) is 0 Å². The van der Waals surface area contributed by atoms with Crippen LogP contribution < -0.4 is 0 Å². The molecule has 2 aromatic heterocycles. The summed E-state index contributed by atoms with van der Waals surface area (Å²) >= 11 is 0. The zero-order valence-corrected chi connectivity index (χ0v) is 13.1. The summed E-state index contributed by atoms with van der Waals surface area (Å²) in [7, 11) is 0. The standard InChI is InChI=1S/C19H20N4/c1-2-6-18-17(5-1)21-19(15-7-8-15)23(18)16-12-22(13-16)11-14-4-3-9-20-10-14/h1-6,9-10,15-16H,7-8,11-13H2. The third-order valence-electron chi connectivity index (χ3n) is 5.00. The van der Waals surface area contributed by atoms with Gasteiger partial charge in [0.2, 0.25) is 0 Å². The predicted octanol–water partition coefficient (Wildman–Crippen LogP) is 3.37. The van der Waals surface area contributed by atoms with Crippen LogP contribution in [0.5, 0.6) is 0 Å². The summed E-state index contributed by atoms with van der Waals surface area (Å²) in [6.45, 7) is 3.21. The average Bonchev–Trinajstić information content (AvgIpc) is 3.33. The number of para-hydroxylation sites is 2. The van der Waals surface area contributed by atoms with Gasteiger partial charge in [-0.05, 0) is 36.6 Å². The fourth-order valence-electron chi connectivity index (χ4n) is 3.66. The zero-order chi connectivity index (χ0) is 15.2. The van der Waals surface area contributed by atoms with E-state index in [-0.39, 0.29) is 0 Å². The van der Waals surface area contributed by atoms with E-state index in [1.807, 2.05) is 18.5 Å². The van der Waals surface area contributed by atoms with Crippen molar-refractivity contribution in [2.24, 2.45) is 0 Å². The number of nitrogens with zero attached hydrogens (tertiary/aromatic N) is 4. The van der Waals surface area contributed by atoms with Gasteiger partial charge in [-0.1, -0.05) is 18.2 Å². The highest BCUT2D eigenvalue weighted by molar-refractivity contribution is 5.76. The summed E-state index contributed by atoms with van der Waals surface area (Å²) < 4.78 is 2.52. The van der Waals surface area contributed by atoms with Crippen molar-refractivity contribution in [3.05, 3.63) is 60.2 Å². The van der Waals surface area contributed by atoms with Crippen LogP contribution in [0.2, 0.25) is 0 Å². The number of hydrogen-bond donors (Lipinski definition) is 0. The van der Waals surface area contributed by atoms with Gasteiger partial charge >= 0.3 is 0 Å². The third kappa shape index (κ3) is 2.34. The van der Waals surface area contributed by atoms with Crippen molar-refractivity contribution in [3.63, 3.8) is 0 Å². The molecule has 0 N–H and O–H groups in total. The highest BCUT2D eigenvalue weighted by Crippen LogP contribution is 2.42. The summed E-state index contributed by atoms with van der Waals surface area (Å²) in [5.41, 5.74) is 3.75. The van der Waals surface area contributed by atoms with Gasteiger partial charge in [0.1, 0.15) is 5.82 Å². The average molecular weight is 304 g/mol. The van der Waals surface area contributed by atoms with Crippen LogP contribution >= 0.6 is 0 Å². The van der Waals surface area contributed by atoms with Gasteiger partial charge in [0, 0.05) is 37.9 Å². The molecule has 1 aromatic carbocycles. The lowest BCUT2D eigenvalue weighted by atomic mass is 10.1.